The highest BCUT2D eigenvalue weighted by Gasteiger charge is 2.03. The standard InChI is InChI=1S/C16H17N3O4/c1-19-10-12(9-17-19)3-8-15(20)18-13-4-6-14(7-5-13)23-11-16(21)22-2/h3-10H,11H2,1-2H3,(H,18,20)/b8-3+. The van der Waals surface area contributed by atoms with Gasteiger partial charge in [-0.3, -0.25) is 9.48 Å². The average molecular weight is 315 g/mol. The van der Waals surface area contributed by atoms with E-state index in [9.17, 15) is 9.59 Å². The van der Waals surface area contributed by atoms with Crippen molar-refractivity contribution < 1.29 is 19.1 Å². The lowest BCUT2D eigenvalue weighted by atomic mass is 10.3. The van der Waals surface area contributed by atoms with Crippen molar-refractivity contribution in [2.45, 2.75) is 0 Å². The van der Waals surface area contributed by atoms with Crippen LogP contribution < -0.4 is 10.1 Å². The SMILES string of the molecule is COC(=O)COc1ccc(NC(=O)/C=C/c2cnn(C)c2)cc1. The van der Waals surface area contributed by atoms with Crippen molar-refractivity contribution in [2.24, 2.45) is 7.05 Å². The highest BCUT2D eigenvalue weighted by atomic mass is 16.6. The molecule has 0 saturated heterocycles. The minimum atomic E-state index is -0.456. The van der Waals surface area contributed by atoms with Crippen molar-refractivity contribution >= 4 is 23.6 Å². The molecule has 1 N–H and O–H groups in total. The molecule has 23 heavy (non-hydrogen) atoms. The summed E-state index contributed by atoms with van der Waals surface area (Å²) in [5.74, 6) is -0.195. The predicted octanol–water partition coefficient (Wildman–Crippen LogP) is 1.62. The van der Waals surface area contributed by atoms with Crippen LogP contribution >= 0.6 is 0 Å². The van der Waals surface area contributed by atoms with Gasteiger partial charge in [0.2, 0.25) is 5.91 Å². The highest BCUT2D eigenvalue weighted by molar-refractivity contribution is 6.01. The summed E-state index contributed by atoms with van der Waals surface area (Å²) in [6, 6.07) is 6.68. The molecule has 1 heterocycles. The zero-order valence-electron chi connectivity index (χ0n) is 12.9. The van der Waals surface area contributed by atoms with E-state index in [1.165, 1.54) is 13.2 Å². The van der Waals surface area contributed by atoms with Crippen molar-refractivity contribution in [1.82, 2.24) is 9.78 Å². The number of esters is 1. The number of rotatable bonds is 6. The fourth-order valence-corrected chi connectivity index (χ4v) is 1.72. The molecule has 2 rings (SSSR count). The van der Waals surface area contributed by atoms with Gasteiger partial charge < -0.3 is 14.8 Å². The lowest BCUT2D eigenvalue weighted by molar-refractivity contribution is -0.142. The Balaban J connectivity index is 1.86. The molecule has 0 aliphatic carbocycles. The van der Waals surface area contributed by atoms with Crippen LogP contribution in [0, 0.1) is 0 Å². The van der Waals surface area contributed by atoms with Gasteiger partial charge in [-0.1, -0.05) is 0 Å². The van der Waals surface area contributed by atoms with Crippen LogP contribution in [0.15, 0.2) is 42.7 Å². The molecular formula is C16H17N3O4. The van der Waals surface area contributed by atoms with Gasteiger partial charge in [-0.2, -0.15) is 5.10 Å². The molecule has 120 valence electrons. The van der Waals surface area contributed by atoms with Crippen molar-refractivity contribution in [3.8, 4) is 5.75 Å². The molecule has 0 saturated carbocycles. The Kier molecular flexibility index (Phi) is 5.51. The topological polar surface area (TPSA) is 82.4 Å². The van der Waals surface area contributed by atoms with Gasteiger partial charge in [-0.25, -0.2) is 4.79 Å². The van der Waals surface area contributed by atoms with Crippen LogP contribution in [0.2, 0.25) is 0 Å². The maximum atomic E-state index is 11.8. The number of aryl methyl sites for hydroxylation is 1. The zero-order chi connectivity index (χ0) is 16.7. The minimum absolute atomic E-state index is 0.157. The summed E-state index contributed by atoms with van der Waals surface area (Å²) in [5, 5.41) is 6.73. The van der Waals surface area contributed by atoms with E-state index >= 15 is 0 Å². The molecule has 0 radical (unpaired) electrons. The summed E-state index contributed by atoms with van der Waals surface area (Å²) in [4.78, 5) is 22.8. The molecule has 0 atom stereocenters. The first-order valence-electron chi connectivity index (χ1n) is 6.84. The highest BCUT2D eigenvalue weighted by Crippen LogP contribution is 2.15. The van der Waals surface area contributed by atoms with E-state index < -0.39 is 5.97 Å². The molecule has 7 nitrogen and oxygen atoms in total. The van der Waals surface area contributed by atoms with Gasteiger partial charge in [0.05, 0.1) is 13.3 Å². The second kappa shape index (κ2) is 7.79. The number of hydrogen-bond acceptors (Lipinski definition) is 5. The van der Waals surface area contributed by atoms with Crippen LogP contribution in [0.5, 0.6) is 5.75 Å². The number of carbonyl (C=O) groups excluding carboxylic acids is 2. The maximum Gasteiger partial charge on any atom is 0.343 e. The molecular weight excluding hydrogens is 298 g/mol. The first-order chi connectivity index (χ1) is 11.1. The summed E-state index contributed by atoms with van der Waals surface area (Å²) in [6.45, 7) is -0.157. The van der Waals surface area contributed by atoms with E-state index in [-0.39, 0.29) is 12.5 Å². The van der Waals surface area contributed by atoms with Crippen molar-refractivity contribution in [3.63, 3.8) is 0 Å². The van der Waals surface area contributed by atoms with Gasteiger partial charge >= 0.3 is 5.97 Å². The molecule has 1 aromatic heterocycles. The van der Waals surface area contributed by atoms with E-state index in [1.54, 1.807) is 54.5 Å². The van der Waals surface area contributed by atoms with Gasteiger partial charge in [0.25, 0.3) is 0 Å². The summed E-state index contributed by atoms with van der Waals surface area (Å²) < 4.78 is 11.4. The number of hydrogen-bond donors (Lipinski definition) is 1. The molecule has 0 aliphatic heterocycles. The smallest absolute Gasteiger partial charge is 0.343 e. The van der Waals surface area contributed by atoms with Crippen LogP contribution in [0.3, 0.4) is 0 Å². The molecule has 0 aliphatic rings. The Morgan fingerprint density at radius 1 is 1.30 bits per heavy atom. The molecule has 0 fully saturated rings. The van der Waals surface area contributed by atoms with Gasteiger partial charge in [0.15, 0.2) is 6.61 Å². The van der Waals surface area contributed by atoms with E-state index in [2.05, 4.69) is 15.2 Å². The largest absolute Gasteiger partial charge is 0.482 e. The number of nitrogens with zero attached hydrogens (tertiary/aromatic N) is 2. The molecule has 1 amide bonds. The molecule has 0 spiro atoms. The quantitative estimate of drug-likeness (QED) is 0.647. The summed E-state index contributed by atoms with van der Waals surface area (Å²) in [5.41, 5.74) is 1.46. The van der Waals surface area contributed by atoms with E-state index in [1.807, 2.05) is 0 Å². The molecule has 1 aromatic carbocycles. The summed E-state index contributed by atoms with van der Waals surface area (Å²) >= 11 is 0. The molecule has 7 heteroatoms. The Morgan fingerprint density at radius 2 is 2.04 bits per heavy atom. The predicted molar refractivity (Wildman–Crippen MR) is 84.8 cm³/mol. The average Bonchev–Trinajstić information content (AvgIpc) is 2.97. The lowest BCUT2D eigenvalue weighted by Crippen LogP contribution is -2.12. The third kappa shape index (κ3) is 5.31. The number of carbonyl (C=O) groups is 2. The number of nitrogens with one attached hydrogen (secondary N) is 1. The molecule has 0 unspecified atom stereocenters. The minimum Gasteiger partial charge on any atom is -0.482 e. The first kappa shape index (κ1) is 16.3. The third-order valence-electron chi connectivity index (χ3n) is 2.86. The number of aromatic nitrogens is 2. The summed E-state index contributed by atoms with van der Waals surface area (Å²) in [7, 11) is 3.10. The Bertz CT molecular complexity index is 704. The number of ether oxygens (including phenoxy) is 2. The summed E-state index contributed by atoms with van der Waals surface area (Å²) in [6.07, 6.45) is 6.57. The molecule has 2 aromatic rings. The van der Waals surface area contributed by atoms with E-state index in [4.69, 9.17) is 4.74 Å². The van der Waals surface area contributed by atoms with Gasteiger partial charge in [0, 0.05) is 30.6 Å². The lowest BCUT2D eigenvalue weighted by Gasteiger charge is -2.06. The van der Waals surface area contributed by atoms with Crippen LogP contribution in [-0.4, -0.2) is 35.4 Å². The zero-order valence-corrected chi connectivity index (χ0v) is 12.9. The van der Waals surface area contributed by atoms with Crippen LogP contribution in [0.4, 0.5) is 5.69 Å². The van der Waals surface area contributed by atoms with Crippen molar-refractivity contribution in [1.29, 1.82) is 0 Å². The second-order valence-electron chi connectivity index (χ2n) is 4.66. The number of methoxy groups -OCH3 is 1. The van der Waals surface area contributed by atoms with Crippen molar-refractivity contribution in [3.05, 3.63) is 48.3 Å². The third-order valence-corrected chi connectivity index (χ3v) is 2.86. The van der Waals surface area contributed by atoms with E-state index in [0.29, 0.717) is 11.4 Å². The van der Waals surface area contributed by atoms with Gasteiger partial charge in [-0.15, -0.1) is 0 Å². The van der Waals surface area contributed by atoms with E-state index in [0.717, 1.165) is 5.56 Å². The van der Waals surface area contributed by atoms with Crippen LogP contribution in [0.1, 0.15) is 5.56 Å². The number of amides is 1. The maximum absolute atomic E-state index is 11.8. The Hall–Kier alpha value is -3.09. The number of benzene rings is 1. The second-order valence-corrected chi connectivity index (χ2v) is 4.66. The number of anilines is 1. The van der Waals surface area contributed by atoms with Crippen LogP contribution in [-0.2, 0) is 21.4 Å². The van der Waals surface area contributed by atoms with Gasteiger partial charge in [-0.05, 0) is 30.3 Å². The first-order valence-corrected chi connectivity index (χ1v) is 6.84. The fourth-order valence-electron chi connectivity index (χ4n) is 1.72. The Morgan fingerprint density at radius 3 is 2.65 bits per heavy atom. The monoisotopic (exact) mass is 315 g/mol. The van der Waals surface area contributed by atoms with Crippen LogP contribution in [0.25, 0.3) is 6.08 Å². The fraction of sp³-hybridized carbons (Fsp3) is 0.188. The molecule has 0 bridgehead atoms. The Labute approximate surface area is 133 Å². The van der Waals surface area contributed by atoms with Gasteiger partial charge in [0.1, 0.15) is 5.75 Å². The van der Waals surface area contributed by atoms with Crippen molar-refractivity contribution in [2.75, 3.05) is 19.0 Å². The normalized spacial score (nSPS) is 10.5.